The van der Waals surface area contributed by atoms with Gasteiger partial charge in [-0.25, -0.2) is 0 Å². The van der Waals surface area contributed by atoms with Crippen molar-refractivity contribution in [3.63, 3.8) is 0 Å². The third kappa shape index (κ3) is 7.17. The molecule has 0 aliphatic heterocycles. The molecular formula is C64H56N2O2SSi. The highest BCUT2D eigenvalue weighted by Gasteiger charge is 2.29. The van der Waals surface area contributed by atoms with Crippen LogP contribution in [0.25, 0.3) is 76.2 Å². The minimum atomic E-state index is -1.62. The molecule has 4 nitrogen and oxygen atoms in total. The lowest BCUT2D eigenvalue weighted by Gasteiger charge is -2.32. The Morgan fingerprint density at radius 1 is 0.471 bits per heavy atom. The monoisotopic (exact) mass is 944 g/mol. The van der Waals surface area contributed by atoms with E-state index in [9.17, 15) is 0 Å². The van der Waals surface area contributed by atoms with Crippen molar-refractivity contribution in [3.8, 4) is 0 Å². The Kier molecular flexibility index (Phi) is 10.4. The summed E-state index contributed by atoms with van der Waals surface area (Å²) < 4.78 is 13.9. The second-order valence-electron chi connectivity index (χ2n) is 20.8. The van der Waals surface area contributed by atoms with Crippen LogP contribution in [0, 0.1) is 0 Å². The Bertz CT molecular complexity index is 3910. The number of hydrogen-bond acceptors (Lipinski definition) is 5. The van der Waals surface area contributed by atoms with E-state index in [2.05, 4.69) is 219 Å². The molecule has 0 unspecified atom stereocenters. The van der Waals surface area contributed by atoms with E-state index in [1.54, 1.807) is 0 Å². The van der Waals surface area contributed by atoms with Crippen LogP contribution < -0.4 is 15.0 Å². The van der Waals surface area contributed by atoms with Crippen LogP contribution in [-0.4, -0.2) is 13.3 Å². The lowest BCUT2D eigenvalue weighted by Crippen LogP contribution is -2.37. The SMILES string of the molecule is CC(C)Sc1ccc(N(c2cc(N(c3ccc([Si](C)(C)C)cc3)c3cccc4c3oc3ccccc34)c3ccc4cc(C5CCCCC5)cc5ccc2c3c54)c2cccc3c2oc2ccccc23)cc1. The van der Waals surface area contributed by atoms with Gasteiger partial charge >= 0.3 is 0 Å². The minimum Gasteiger partial charge on any atom is -0.454 e. The maximum atomic E-state index is 6.95. The van der Waals surface area contributed by atoms with Crippen molar-refractivity contribution in [1.82, 2.24) is 0 Å². The summed E-state index contributed by atoms with van der Waals surface area (Å²) >= 11 is 1.89. The van der Waals surface area contributed by atoms with Gasteiger partial charge in [0.05, 0.1) is 30.8 Å². The predicted octanol–water partition coefficient (Wildman–Crippen LogP) is 19.4. The molecule has 0 radical (unpaired) electrons. The average Bonchev–Trinajstić information content (AvgIpc) is 3.96. The van der Waals surface area contributed by atoms with E-state index in [1.165, 1.54) is 80.1 Å². The highest BCUT2D eigenvalue weighted by atomic mass is 32.2. The van der Waals surface area contributed by atoms with Gasteiger partial charge in [-0.1, -0.05) is 167 Å². The third-order valence-corrected chi connectivity index (χ3v) is 18.0. The third-order valence-electron chi connectivity index (χ3n) is 15.0. The molecule has 6 heteroatoms. The Hall–Kier alpha value is -6.99. The molecule has 10 aromatic carbocycles. The number of rotatable bonds is 10. The van der Waals surface area contributed by atoms with Gasteiger partial charge in [0.1, 0.15) is 11.2 Å². The lowest BCUT2D eigenvalue weighted by molar-refractivity contribution is 0.444. The zero-order valence-corrected chi connectivity index (χ0v) is 42.4. The van der Waals surface area contributed by atoms with Gasteiger partial charge in [0.25, 0.3) is 0 Å². The van der Waals surface area contributed by atoms with Crippen LogP contribution >= 0.6 is 11.8 Å². The Labute approximate surface area is 414 Å². The number of benzene rings is 10. The second-order valence-corrected chi connectivity index (χ2v) is 27.6. The summed E-state index contributed by atoms with van der Waals surface area (Å²) in [5.74, 6) is 0.595. The predicted molar refractivity (Wildman–Crippen MR) is 304 cm³/mol. The second kappa shape index (κ2) is 16.9. The first-order valence-electron chi connectivity index (χ1n) is 25.2. The van der Waals surface area contributed by atoms with E-state index in [4.69, 9.17) is 8.83 Å². The van der Waals surface area contributed by atoms with E-state index >= 15 is 0 Å². The summed E-state index contributed by atoms with van der Waals surface area (Å²) in [6.45, 7) is 11.8. The Balaban J connectivity index is 1.16. The van der Waals surface area contributed by atoms with Crippen LogP contribution in [0.15, 0.2) is 190 Å². The zero-order chi connectivity index (χ0) is 47.3. The molecule has 0 saturated heterocycles. The molecular weight excluding hydrogens is 889 g/mol. The summed E-state index contributed by atoms with van der Waals surface area (Å²) in [4.78, 5) is 6.19. The fraction of sp³-hybridized carbons (Fsp3) is 0.188. The molecule has 0 bridgehead atoms. The fourth-order valence-electron chi connectivity index (χ4n) is 11.6. The first-order valence-corrected chi connectivity index (χ1v) is 29.6. The largest absolute Gasteiger partial charge is 0.454 e. The molecule has 1 fully saturated rings. The zero-order valence-electron chi connectivity index (χ0n) is 40.6. The van der Waals surface area contributed by atoms with Crippen molar-refractivity contribution in [3.05, 3.63) is 181 Å². The summed E-state index contributed by atoms with van der Waals surface area (Å²) in [5.41, 5.74) is 11.2. The number of anilines is 6. The molecule has 1 aliphatic carbocycles. The Morgan fingerprint density at radius 2 is 0.971 bits per heavy atom. The van der Waals surface area contributed by atoms with E-state index in [-0.39, 0.29) is 0 Å². The smallest absolute Gasteiger partial charge is 0.159 e. The first kappa shape index (κ1) is 43.1. The number of thioether (sulfide) groups is 1. The van der Waals surface area contributed by atoms with E-state index in [1.807, 2.05) is 11.8 Å². The summed E-state index contributed by atoms with van der Waals surface area (Å²) in [6.07, 6.45) is 6.47. The molecule has 0 N–H and O–H groups in total. The van der Waals surface area contributed by atoms with Gasteiger partial charge in [-0.05, 0) is 107 Å². The molecule has 70 heavy (non-hydrogen) atoms. The summed E-state index contributed by atoms with van der Waals surface area (Å²) in [7, 11) is -1.62. The molecule has 1 aliphatic rings. The van der Waals surface area contributed by atoms with E-state index in [0.29, 0.717) is 11.2 Å². The standard InChI is InChI=1S/C64H56N2O2SSi/c1-40(2)69-47-31-27-45(28-32-47)65(55-21-13-19-51-49-17-9-11-23-59(49)67-63(51)55)57-39-58(54-36-26-43-38-44(41-15-7-6-8-16-41)37-42-25-35-53(57)62(54)61(42)43)66(46-29-33-48(34-30-46)70(3,4)5)56-22-14-20-52-50-18-10-12-24-60(50)68-64(52)56/h9-14,17-41H,6-8,15-16H2,1-5H3. The van der Waals surface area contributed by atoms with Gasteiger partial charge in [-0.3, -0.25) is 0 Å². The summed E-state index contributed by atoms with van der Waals surface area (Å²) in [6, 6.07) is 65.7. The van der Waals surface area contributed by atoms with Crippen molar-refractivity contribution < 1.29 is 8.83 Å². The normalized spacial score (nSPS) is 13.9. The highest BCUT2D eigenvalue weighted by molar-refractivity contribution is 7.99. The van der Waals surface area contributed by atoms with Gasteiger partial charge in [-0.15, -0.1) is 11.8 Å². The van der Waals surface area contributed by atoms with Crippen molar-refractivity contribution in [2.45, 2.75) is 81.7 Å². The fourth-order valence-corrected chi connectivity index (χ4v) is 13.6. The molecule has 344 valence electrons. The van der Waals surface area contributed by atoms with Crippen molar-refractivity contribution >= 4 is 135 Å². The van der Waals surface area contributed by atoms with E-state index < -0.39 is 8.07 Å². The van der Waals surface area contributed by atoms with Crippen molar-refractivity contribution in [2.75, 3.05) is 9.80 Å². The van der Waals surface area contributed by atoms with Crippen molar-refractivity contribution in [1.29, 1.82) is 0 Å². The topological polar surface area (TPSA) is 32.8 Å². The van der Waals surface area contributed by atoms with Gasteiger partial charge in [0.2, 0.25) is 0 Å². The van der Waals surface area contributed by atoms with Crippen LogP contribution in [0.3, 0.4) is 0 Å². The molecule has 13 rings (SSSR count). The molecule has 0 atom stereocenters. The molecule has 1 saturated carbocycles. The first-order chi connectivity index (χ1) is 34.2. The van der Waals surface area contributed by atoms with Crippen molar-refractivity contribution in [2.24, 2.45) is 0 Å². The molecule has 0 amide bonds. The van der Waals surface area contributed by atoms with E-state index in [0.717, 1.165) is 78.0 Å². The summed E-state index contributed by atoms with van der Waals surface area (Å²) in [5, 5.41) is 13.8. The van der Waals surface area contributed by atoms with Gasteiger partial charge in [-0.2, -0.15) is 0 Å². The van der Waals surface area contributed by atoms with Crippen LogP contribution in [0.4, 0.5) is 34.1 Å². The number of fused-ring (bicyclic) bond motifs is 6. The van der Waals surface area contributed by atoms with Gasteiger partial charge in [0.15, 0.2) is 11.2 Å². The minimum absolute atomic E-state index is 0.465. The average molecular weight is 945 g/mol. The molecule has 12 aromatic rings. The maximum Gasteiger partial charge on any atom is 0.159 e. The van der Waals surface area contributed by atoms with Gasteiger partial charge < -0.3 is 18.6 Å². The molecule has 2 heterocycles. The van der Waals surface area contributed by atoms with Gasteiger partial charge in [0, 0.05) is 59.2 Å². The molecule has 2 aromatic heterocycles. The Morgan fingerprint density at radius 3 is 1.49 bits per heavy atom. The number of furan rings is 2. The number of nitrogens with zero attached hydrogens (tertiary/aromatic N) is 2. The number of para-hydroxylation sites is 4. The molecule has 0 spiro atoms. The van der Waals surface area contributed by atoms with Crippen LogP contribution in [0.1, 0.15) is 57.4 Å². The maximum absolute atomic E-state index is 6.95. The van der Waals surface area contributed by atoms with Crippen LogP contribution in [0.5, 0.6) is 0 Å². The highest BCUT2D eigenvalue weighted by Crippen LogP contribution is 2.53. The lowest BCUT2D eigenvalue weighted by atomic mass is 9.82. The van der Waals surface area contributed by atoms with Crippen LogP contribution in [-0.2, 0) is 0 Å². The number of hydrogen-bond donors (Lipinski definition) is 0. The quantitative estimate of drug-likeness (QED) is 0.0775. The van der Waals surface area contributed by atoms with Crippen LogP contribution in [0.2, 0.25) is 19.6 Å².